The smallest absolute Gasteiger partial charge is 0.407 e. The summed E-state index contributed by atoms with van der Waals surface area (Å²) in [7, 11) is 17.8. The number of nitrogens with two attached hydrogens (primary N) is 1. The van der Waals surface area contributed by atoms with E-state index in [9.17, 15) is 18.4 Å². The third kappa shape index (κ3) is 9.41. The molecule has 266 valence electrons. The van der Waals surface area contributed by atoms with Crippen LogP contribution in [-0.4, -0.2) is 89.6 Å². The molecule has 1 fully saturated rings. The monoisotopic (exact) mass is 725 g/mol. The Labute approximate surface area is 309 Å². The standard InChI is InChI=1S/C34H37B3ClF2N9O3/c1-32(2,3)13-14-42-30(41)48(28(50)21-7-5-20(6-8-21)23-16-44-47(17-23)29(39)40)26(18-52-31(51)46-33(4)11-12-33)22-9-10-25(38)24(15-22)27-43-19-45-49(27)34(35,36)37/h5-10,15-17,19,26,29H,11-14,18H2,1-4H3,(H2,41,42)(H,46,51)/t26-/m1/s1. The van der Waals surface area contributed by atoms with Crippen molar-refractivity contribution in [3.8, 4) is 22.5 Å². The van der Waals surface area contributed by atoms with Gasteiger partial charge in [0, 0.05) is 35.0 Å². The second-order valence-corrected chi connectivity index (χ2v) is 14.6. The van der Waals surface area contributed by atoms with E-state index in [2.05, 4.69) is 46.3 Å². The maximum Gasteiger partial charge on any atom is 0.407 e. The minimum atomic E-state index is -2.80. The maximum atomic E-state index is 14.5. The van der Waals surface area contributed by atoms with Crippen LogP contribution >= 0.6 is 11.6 Å². The molecule has 2 aromatic carbocycles. The normalized spacial score (nSPS) is 15.0. The Morgan fingerprint density at radius 2 is 1.81 bits per heavy atom. The number of aliphatic imine (C=N–C) groups is 1. The molecule has 0 saturated heterocycles. The Hall–Kier alpha value is -4.66. The number of benzene rings is 2. The molecule has 1 aliphatic rings. The average Bonchev–Trinajstić information content (AvgIpc) is 3.44. The summed E-state index contributed by atoms with van der Waals surface area (Å²) in [6.07, 6.45) is 5.29. The quantitative estimate of drug-likeness (QED) is 0.117. The van der Waals surface area contributed by atoms with E-state index in [1.54, 1.807) is 30.3 Å². The lowest BCUT2D eigenvalue weighted by atomic mass is 9.49. The Morgan fingerprint density at radius 1 is 1.12 bits per heavy atom. The molecule has 1 atom stereocenters. The molecule has 1 saturated carbocycles. The fourth-order valence-electron chi connectivity index (χ4n) is 5.23. The third-order valence-electron chi connectivity index (χ3n) is 8.49. The lowest BCUT2D eigenvalue weighted by Crippen LogP contribution is -2.47. The molecule has 3 N–H and O–H groups in total. The minimum Gasteiger partial charge on any atom is -0.447 e. The topological polar surface area (TPSA) is 146 Å². The highest BCUT2D eigenvalue weighted by Gasteiger charge is 2.40. The van der Waals surface area contributed by atoms with Crippen molar-refractivity contribution in [3.05, 3.63) is 77.3 Å². The van der Waals surface area contributed by atoms with E-state index in [4.69, 9.17) is 45.6 Å². The van der Waals surface area contributed by atoms with Gasteiger partial charge in [0.15, 0.2) is 11.8 Å². The number of rotatable bonds is 12. The second-order valence-electron chi connectivity index (χ2n) is 14.2. The summed E-state index contributed by atoms with van der Waals surface area (Å²) in [6, 6.07) is 10.0. The van der Waals surface area contributed by atoms with Gasteiger partial charge in [0.05, 0.1) is 40.8 Å². The molecule has 2 aromatic heterocycles. The Kier molecular flexibility index (Phi) is 11.2. The zero-order valence-electron chi connectivity index (χ0n) is 29.3. The van der Waals surface area contributed by atoms with Gasteiger partial charge >= 0.3 is 12.6 Å². The van der Waals surface area contributed by atoms with E-state index < -0.39 is 29.8 Å². The number of alkyl carbamates (subject to hydrolysis) is 1. The van der Waals surface area contributed by atoms with Gasteiger partial charge in [0.25, 0.3) is 5.91 Å². The highest BCUT2D eigenvalue weighted by Crippen LogP contribution is 2.36. The molecule has 0 unspecified atom stereocenters. The lowest BCUT2D eigenvalue weighted by Gasteiger charge is -2.32. The molecule has 2 amide bonds. The van der Waals surface area contributed by atoms with Crippen LogP contribution in [0, 0.1) is 5.41 Å². The van der Waals surface area contributed by atoms with Crippen LogP contribution in [0.3, 0.4) is 0 Å². The molecule has 0 bridgehead atoms. The zero-order valence-corrected chi connectivity index (χ0v) is 30.0. The van der Waals surface area contributed by atoms with Crippen LogP contribution in [0.25, 0.3) is 22.5 Å². The summed E-state index contributed by atoms with van der Waals surface area (Å²) >= 11 is 6.64. The Bertz CT molecular complexity index is 1940. The van der Waals surface area contributed by atoms with Crippen LogP contribution in [0.1, 0.15) is 75.5 Å². The summed E-state index contributed by atoms with van der Waals surface area (Å²) < 4.78 is 33.7. The van der Waals surface area contributed by atoms with E-state index >= 15 is 0 Å². The molecular weight excluding hydrogens is 688 g/mol. The highest BCUT2D eigenvalue weighted by molar-refractivity contribution is 6.56. The number of halogens is 3. The van der Waals surface area contributed by atoms with Crippen molar-refractivity contribution in [3.63, 3.8) is 0 Å². The SMILES string of the molecule is [B]C([B])([B])n1ncnc1-c1cc([C@@H](COC(=O)NC2(C)CC2)N(C(=O)c2ccc(-c3cnn(C(F)F)c3)cc2)C(N)=NCCC(C)(C)C)ccc1Cl. The number of nitrogens with one attached hydrogen (secondary N) is 1. The summed E-state index contributed by atoms with van der Waals surface area (Å²) in [6.45, 7) is 5.20. The summed E-state index contributed by atoms with van der Waals surface area (Å²) in [4.78, 5) is 37.6. The molecular formula is C34H37B3ClF2N9O3. The molecule has 4 aromatic rings. The van der Waals surface area contributed by atoms with Gasteiger partial charge in [0.2, 0.25) is 0 Å². The Morgan fingerprint density at radius 3 is 2.40 bits per heavy atom. The first-order valence-electron chi connectivity index (χ1n) is 16.4. The molecule has 1 aliphatic carbocycles. The fraction of sp³-hybridized carbons (Fsp3) is 0.412. The highest BCUT2D eigenvalue weighted by atomic mass is 35.5. The van der Waals surface area contributed by atoms with Crippen LogP contribution in [-0.2, 0) is 9.97 Å². The van der Waals surface area contributed by atoms with Crippen LogP contribution < -0.4 is 11.1 Å². The fourth-order valence-corrected chi connectivity index (χ4v) is 5.43. The van der Waals surface area contributed by atoms with Gasteiger partial charge in [-0.05, 0) is 72.2 Å². The Balaban J connectivity index is 1.58. The van der Waals surface area contributed by atoms with Crippen LogP contribution in [0.4, 0.5) is 13.6 Å². The number of hydrogen-bond donors (Lipinski definition) is 2. The molecule has 12 nitrogen and oxygen atoms in total. The van der Waals surface area contributed by atoms with Crippen molar-refractivity contribution >= 4 is 53.1 Å². The second kappa shape index (κ2) is 15.1. The van der Waals surface area contributed by atoms with Gasteiger partial charge in [-0.3, -0.25) is 19.4 Å². The van der Waals surface area contributed by atoms with Crippen molar-refractivity contribution in [1.82, 2.24) is 34.8 Å². The number of carbonyl (C=O) groups excluding carboxylic acids is 2. The average molecular weight is 726 g/mol. The molecule has 5 rings (SSSR count). The van der Waals surface area contributed by atoms with E-state index in [1.807, 2.05) is 6.92 Å². The lowest BCUT2D eigenvalue weighted by molar-refractivity contribution is 0.0566. The van der Waals surface area contributed by atoms with Crippen LogP contribution in [0.15, 0.2) is 66.2 Å². The van der Waals surface area contributed by atoms with E-state index in [0.717, 1.165) is 17.5 Å². The van der Waals surface area contributed by atoms with Crippen molar-refractivity contribution in [2.75, 3.05) is 13.2 Å². The van der Waals surface area contributed by atoms with Gasteiger partial charge in [-0.15, -0.1) is 0 Å². The van der Waals surface area contributed by atoms with Crippen LogP contribution in [0.5, 0.6) is 0 Å². The van der Waals surface area contributed by atoms with Crippen molar-refractivity contribution in [2.24, 2.45) is 16.1 Å². The first kappa shape index (κ1) is 38.6. The zero-order chi connectivity index (χ0) is 38.0. The first-order valence-corrected chi connectivity index (χ1v) is 16.8. The van der Waals surface area contributed by atoms with Gasteiger partial charge in [-0.1, -0.05) is 50.6 Å². The molecule has 0 aliphatic heterocycles. The predicted molar refractivity (Wildman–Crippen MR) is 196 cm³/mol. The minimum absolute atomic E-state index is 0.0860. The molecule has 6 radical (unpaired) electrons. The van der Waals surface area contributed by atoms with E-state index in [0.29, 0.717) is 39.9 Å². The summed E-state index contributed by atoms with van der Waals surface area (Å²) in [5.41, 5.74) is 8.10. The van der Waals surface area contributed by atoms with Crippen molar-refractivity contribution in [1.29, 1.82) is 0 Å². The maximum absolute atomic E-state index is 14.5. The van der Waals surface area contributed by atoms with Gasteiger partial charge in [0.1, 0.15) is 12.9 Å². The molecule has 18 heteroatoms. The summed E-state index contributed by atoms with van der Waals surface area (Å²) in [5, 5.41) is 8.89. The van der Waals surface area contributed by atoms with Crippen LogP contribution in [0.2, 0.25) is 5.02 Å². The number of nitrogens with zero attached hydrogens (tertiary/aromatic N) is 7. The number of carbonyl (C=O) groups is 2. The van der Waals surface area contributed by atoms with Gasteiger partial charge < -0.3 is 15.8 Å². The first-order chi connectivity index (χ1) is 24.3. The van der Waals surface area contributed by atoms with Crippen molar-refractivity contribution in [2.45, 2.75) is 70.3 Å². The number of guanidine groups is 1. The number of hydrogen-bond acceptors (Lipinski definition) is 7. The number of amides is 2. The predicted octanol–water partition coefficient (Wildman–Crippen LogP) is 5.14. The number of alkyl halides is 2. The third-order valence-corrected chi connectivity index (χ3v) is 8.82. The molecule has 52 heavy (non-hydrogen) atoms. The van der Waals surface area contributed by atoms with Crippen molar-refractivity contribution < 1.29 is 23.1 Å². The molecule has 2 heterocycles. The molecule has 0 spiro atoms. The van der Waals surface area contributed by atoms with E-state index in [-0.39, 0.29) is 39.9 Å². The van der Waals surface area contributed by atoms with E-state index in [1.165, 1.54) is 35.8 Å². The summed E-state index contributed by atoms with van der Waals surface area (Å²) in [5.74, 6) is -0.585. The number of aromatic nitrogens is 5. The van der Waals surface area contributed by atoms with Gasteiger partial charge in [-0.2, -0.15) is 19.0 Å². The number of ether oxygens (including phenoxy) is 1. The largest absolute Gasteiger partial charge is 0.447 e. The van der Waals surface area contributed by atoms with Gasteiger partial charge in [-0.25, -0.2) is 14.5 Å².